The third kappa shape index (κ3) is 1.62. The first-order chi connectivity index (χ1) is 9.26. The largest absolute Gasteiger partial charge is 0.493 e. The standard InChI is InChI=1S/C14H13N3O2/c1-18-10-7-6-9-12(13(10)19-2)16-11-5-3-4-8-17(11)14(9)15/h3-8,15H,1-2H3. The Morgan fingerprint density at radius 2 is 1.95 bits per heavy atom. The second-order valence-electron chi connectivity index (χ2n) is 4.09. The smallest absolute Gasteiger partial charge is 0.187 e. The fourth-order valence-electron chi connectivity index (χ4n) is 2.17. The molecule has 2 heterocycles. The minimum absolute atomic E-state index is 0.376. The molecule has 19 heavy (non-hydrogen) atoms. The molecule has 0 aliphatic rings. The Kier molecular flexibility index (Phi) is 2.59. The van der Waals surface area contributed by atoms with Crippen LogP contribution < -0.4 is 15.0 Å². The SMILES string of the molecule is COc1ccc2c(=N)n3ccccc3nc2c1OC. The predicted octanol–water partition coefficient (Wildman–Crippen LogP) is 1.98. The lowest BCUT2D eigenvalue weighted by atomic mass is 10.2. The molecule has 0 radical (unpaired) electrons. The molecule has 5 heteroatoms. The van der Waals surface area contributed by atoms with E-state index in [1.165, 1.54) is 0 Å². The summed E-state index contributed by atoms with van der Waals surface area (Å²) in [6, 6.07) is 9.23. The Bertz CT molecular complexity index is 824. The Labute approximate surface area is 109 Å². The van der Waals surface area contributed by atoms with Gasteiger partial charge in [-0.1, -0.05) is 6.07 Å². The summed E-state index contributed by atoms with van der Waals surface area (Å²) in [6.45, 7) is 0. The Morgan fingerprint density at radius 1 is 1.11 bits per heavy atom. The molecule has 1 aromatic carbocycles. The lowest BCUT2D eigenvalue weighted by Crippen LogP contribution is -2.15. The van der Waals surface area contributed by atoms with Crippen molar-refractivity contribution in [2.75, 3.05) is 14.2 Å². The summed E-state index contributed by atoms with van der Waals surface area (Å²) < 4.78 is 12.4. The van der Waals surface area contributed by atoms with Crippen LogP contribution in [0.5, 0.6) is 11.5 Å². The van der Waals surface area contributed by atoms with Crippen molar-refractivity contribution in [3.8, 4) is 11.5 Å². The molecule has 0 aliphatic heterocycles. The van der Waals surface area contributed by atoms with Crippen molar-refractivity contribution in [2.24, 2.45) is 0 Å². The van der Waals surface area contributed by atoms with E-state index in [1.807, 2.05) is 30.5 Å². The summed E-state index contributed by atoms with van der Waals surface area (Å²) in [7, 11) is 3.16. The van der Waals surface area contributed by atoms with Gasteiger partial charge in [0, 0.05) is 11.6 Å². The van der Waals surface area contributed by atoms with Crippen molar-refractivity contribution < 1.29 is 9.47 Å². The van der Waals surface area contributed by atoms with E-state index in [0.29, 0.717) is 28.2 Å². The number of rotatable bonds is 2. The molecule has 0 fully saturated rings. The minimum atomic E-state index is 0.376. The molecule has 3 aromatic rings. The number of hydrogen-bond donors (Lipinski definition) is 1. The monoisotopic (exact) mass is 255 g/mol. The van der Waals surface area contributed by atoms with E-state index in [2.05, 4.69) is 4.98 Å². The van der Waals surface area contributed by atoms with Crippen LogP contribution in [-0.2, 0) is 0 Å². The first kappa shape index (κ1) is 11.5. The van der Waals surface area contributed by atoms with Crippen LogP contribution in [0.4, 0.5) is 0 Å². The van der Waals surface area contributed by atoms with Crippen LogP contribution in [0.15, 0.2) is 36.5 Å². The fraction of sp³-hybridized carbons (Fsp3) is 0.143. The molecule has 5 nitrogen and oxygen atoms in total. The number of benzene rings is 1. The molecule has 1 N–H and O–H groups in total. The van der Waals surface area contributed by atoms with Gasteiger partial charge in [0.25, 0.3) is 0 Å². The number of nitrogens with zero attached hydrogens (tertiary/aromatic N) is 2. The van der Waals surface area contributed by atoms with Crippen LogP contribution in [0.1, 0.15) is 0 Å². The quantitative estimate of drug-likeness (QED) is 0.712. The Hall–Kier alpha value is -2.56. The number of pyridine rings is 1. The molecule has 0 aliphatic carbocycles. The molecule has 0 atom stereocenters. The lowest BCUT2D eigenvalue weighted by Gasteiger charge is -2.11. The summed E-state index contributed by atoms with van der Waals surface area (Å²) in [5, 5.41) is 8.98. The van der Waals surface area contributed by atoms with Crippen LogP contribution in [0.25, 0.3) is 16.6 Å². The topological polar surface area (TPSA) is 59.6 Å². The summed E-state index contributed by atoms with van der Waals surface area (Å²) in [4.78, 5) is 4.56. The second-order valence-corrected chi connectivity index (χ2v) is 4.09. The first-order valence-electron chi connectivity index (χ1n) is 5.83. The average molecular weight is 255 g/mol. The highest BCUT2D eigenvalue weighted by atomic mass is 16.5. The molecule has 2 aromatic heterocycles. The van der Waals surface area contributed by atoms with Crippen LogP contribution in [0.3, 0.4) is 0 Å². The summed E-state index contributed by atoms with van der Waals surface area (Å²) in [6.07, 6.45) is 1.82. The van der Waals surface area contributed by atoms with E-state index < -0.39 is 0 Å². The summed E-state index contributed by atoms with van der Waals surface area (Å²) >= 11 is 0. The molecule has 0 saturated carbocycles. The van der Waals surface area contributed by atoms with Gasteiger partial charge in [-0.25, -0.2) is 4.98 Å². The maximum Gasteiger partial charge on any atom is 0.187 e. The van der Waals surface area contributed by atoms with Gasteiger partial charge < -0.3 is 9.47 Å². The maximum absolute atomic E-state index is 8.26. The van der Waals surface area contributed by atoms with Gasteiger partial charge in [0.1, 0.15) is 16.7 Å². The number of aromatic nitrogens is 2. The van der Waals surface area contributed by atoms with Crippen LogP contribution in [0, 0.1) is 5.41 Å². The van der Waals surface area contributed by atoms with Gasteiger partial charge in [-0.15, -0.1) is 0 Å². The number of fused-ring (bicyclic) bond motifs is 2. The second kappa shape index (κ2) is 4.28. The molecule has 0 unspecified atom stereocenters. The number of ether oxygens (including phenoxy) is 2. The zero-order valence-corrected chi connectivity index (χ0v) is 10.7. The molecular weight excluding hydrogens is 242 g/mol. The van der Waals surface area contributed by atoms with Crippen molar-refractivity contribution in [3.05, 3.63) is 42.0 Å². The summed E-state index contributed by atoms with van der Waals surface area (Å²) in [5.41, 5.74) is 1.71. The van der Waals surface area contributed by atoms with Gasteiger partial charge in [-0.05, 0) is 24.3 Å². The lowest BCUT2D eigenvalue weighted by molar-refractivity contribution is 0.358. The molecule has 0 spiro atoms. The van der Waals surface area contributed by atoms with Crippen LogP contribution in [0.2, 0.25) is 0 Å². The van der Waals surface area contributed by atoms with Gasteiger partial charge >= 0.3 is 0 Å². The maximum atomic E-state index is 8.26. The number of methoxy groups -OCH3 is 2. The van der Waals surface area contributed by atoms with E-state index in [9.17, 15) is 0 Å². The zero-order chi connectivity index (χ0) is 13.4. The average Bonchev–Trinajstić information content (AvgIpc) is 2.46. The van der Waals surface area contributed by atoms with Gasteiger partial charge in [-0.3, -0.25) is 9.81 Å². The Morgan fingerprint density at radius 3 is 2.68 bits per heavy atom. The first-order valence-corrected chi connectivity index (χ1v) is 5.83. The van der Waals surface area contributed by atoms with Crippen molar-refractivity contribution in [1.29, 1.82) is 5.41 Å². The van der Waals surface area contributed by atoms with E-state index in [0.717, 1.165) is 5.39 Å². The highest BCUT2D eigenvalue weighted by molar-refractivity contribution is 5.87. The van der Waals surface area contributed by atoms with Crippen molar-refractivity contribution in [2.45, 2.75) is 0 Å². The normalized spacial score (nSPS) is 10.8. The van der Waals surface area contributed by atoms with Gasteiger partial charge in [-0.2, -0.15) is 0 Å². The zero-order valence-electron chi connectivity index (χ0n) is 10.7. The Balaban J connectivity index is 2.54. The molecule has 96 valence electrons. The van der Waals surface area contributed by atoms with Gasteiger partial charge in [0.2, 0.25) is 0 Å². The number of nitrogens with one attached hydrogen (secondary N) is 1. The third-order valence-electron chi connectivity index (χ3n) is 3.08. The fourth-order valence-corrected chi connectivity index (χ4v) is 2.17. The van der Waals surface area contributed by atoms with Gasteiger partial charge in [0.05, 0.1) is 14.2 Å². The highest BCUT2D eigenvalue weighted by Gasteiger charge is 2.12. The van der Waals surface area contributed by atoms with E-state index >= 15 is 0 Å². The van der Waals surface area contributed by atoms with E-state index in [1.54, 1.807) is 24.7 Å². The van der Waals surface area contributed by atoms with Crippen LogP contribution in [-0.4, -0.2) is 23.6 Å². The van der Waals surface area contributed by atoms with Crippen molar-refractivity contribution >= 4 is 16.6 Å². The van der Waals surface area contributed by atoms with E-state index in [-0.39, 0.29) is 0 Å². The predicted molar refractivity (Wildman–Crippen MR) is 71.7 cm³/mol. The van der Waals surface area contributed by atoms with Crippen LogP contribution >= 0.6 is 0 Å². The highest BCUT2D eigenvalue weighted by Crippen LogP contribution is 2.32. The minimum Gasteiger partial charge on any atom is -0.493 e. The molecular formula is C14H13N3O2. The van der Waals surface area contributed by atoms with E-state index in [4.69, 9.17) is 14.9 Å². The van der Waals surface area contributed by atoms with Crippen molar-refractivity contribution in [1.82, 2.24) is 9.38 Å². The third-order valence-corrected chi connectivity index (χ3v) is 3.08. The molecule has 0 amide bonds. The molecule has 3 rings (SSSR count). The van der Waals surface area contributed by atoms with Crippen molar-refractivity contribution in [3.63, 3.8) is 0 Å². The molecule has 0 bridgehead atoms. The number of hydrogen-bond acceptors (Lipinski definition) is 4. The summed E-state index contributed by atoms with van der Waals surface area (Å²) in [5.74, 6) is 1.17. The molecule has 0 saturated heterocycles. The van der Waals surface area contributed by atoms with Gasteiger partial charge in [0.15, 0.2) is 11.5 Å².